The van der Waals surface area contributed by atoms with Crippen LogP contribution in [0.4, 0.5) is 0 Å². The van der Waals surface area contributed by atoms with Gasteiger partial charge in [0.1, 0.15) is 11.8 Å². The molecule has 0 fully saturated rings. The van der Waals surface area contributed by atoms with E-state index in [2.05, 4.69) is 0 Å². The lowest BCUT2D eigenvalue weighted by atomic mass is 10.1. The second-order valence-corrected chi connectivity index (χ2v) is 3.69. The predicted molar refractivity (Wildman–Crippen MR) is 65.3 cm³/mol. The SMILES string of the molecule is CCC=COC(=O)C(N)Cc1ccc(O)cc1. The Hall–Kier alpha value is -1.81. The maximum Gasteiger partial charge on any atom is 0.328 e. The normalized spacial score (nSPS) is 12.6. The van der Waals surface area contributed by atoms with Gasteiger partial charge in [-0.1, -0.05) is 19.1 Å². The average Bonchev–Trinajstić information content (AvgIpc) is 2.32. The lowest BCUT2D eigenvalue weighted by Crippen LogP contribution is -2.33. The standard InChI is InChI=1S/C13H17NO3/c1-2-3-8-17-13(16)12(14)9-10-4-6-11(15)7-5-10/h3-8,12,15H,2,9,14H2,1H3. The largest absolute Gasteiger partial charge is 0.508 e. The van der Waals surface area contributed by atoms with Crippen molar-refractivity contribution in [1.29, 1.82) is 0 Å². The Balaban J connectivity index is 2.48. The summed E-state index contributed by atoms with van der Waals surface area (Å²) in [5, 5.41) is 9.11. The van der Waals surface area contributed by atoms with Gasteiger partial charge in [-0.2, -0.15) is 0 Å². The van der Waals surface area contributed by atoms with E-state index in [1.54, 1.807) is 30.3 Å². The highest BCUT2D eigenvalue weighted by molar-refractivity contribution is 5.76. The summed E-state index contributed by atoms with van der Waals surface area (Å²) in [4.78, 5) is 11.4. The number of phenolic OH excluding ortho intramolecular Hbond substituents is 1. The Morgan fingerprint density at radius 2 is 2.12 bits per heavy atom. The molecule has 0 radical (unpaired) electrons. The van der Waals surface area contributed by atoms with Gasteiger partial charge >= 0.3 is 5.97 Å². The van der Waals surface area contributed by atoms with E-state index in [-0.39, 0.29) is 5.75 Å². The van der Waals surface area contributed by atoms with Crippen LogP contribution in [0, 0.1) is 0 Å². The molecule has 0 bridgehead atoms. The van der Waals surface area contributed by atoms with Crippen LogP contribution in [0.25, 0.3) is 0 Å². The van der Waals surface area contributed by atoms with Crippen LogP contribution in [0.1, 0.15) is 18.9 Å². The summed E-state index contributed by atoms with van der Waals surface area (Å²) in [6, 6.07) is 5.88. The smallest absolute Gasteiger partial charge is 0.328 e. The third-order valence-corrected chi connectivity index (χ3v) is 2.21. The number of allylic oxidation sites excluding steroid dienone is 1. The number of rotatable bonds is 5. The van der Waals surface area contributed by atoms with Crippen molar-refractivity contribution in [2.45, 2.75) is 25.8 Å². The van der Waals surface area contributed by atoms with Gasteiger partial charge in [0.05, 0.1) is 6.26 Å². The lowest BCUT2D eigenvalue weighted by molar-refractivity contribution is -0.139. The monoisotopic (exact) mass is 235 g/mol. The van der Waals surface area contributed by atoms with Crippen molar-refractivity contribution in [2.75, 3.05) is 0 Å². The van der Waals surface area contributed by atoms with Crippen LogP contribution in [0.2, 0.25) is 0 Å². The van der Waals surface area contributed by atoms with Crippen molar-refractivity contribution in [3.8, 4) is 5.75 Å². The molecule has 0 aliphatic carbocycles. The fourth-order valence-corrected chi connectivity index (χ4v) is 1.27. The molecule has 0 spiro atoms. The molecule has 0 saturated heterocycles. The van der Waals surface area contributed by atoms with Crippen molar-refractivity contribution in [3.63, 3.8) is 0 Å². The molecule has 0 saturated carbocycles. The van der Waals surface area contributed by atoms with E-state index >= 15 is 0 Å². The zero-order valence-corrected chi connectivity index (χ0v) is 9.80. The maximum absolute atomic E-state index is 11.4. The third-order valence-electron chi connectivity index (χ3n) is 2.21. The number of hydrogen-bond acceptors (Lipinski definition) is 4. The molecule has 17 heavy (non-hydrogen) atoms. The molecule has 0 aliphatic rings. The second kappa shape index (κ2) is 6.70. The first kappa shape index (κ1) is 13.3. The maximum atomic E-state index is 11.4. The van der Waals surface area contributed by atoms with Crippen LogP contribution < -0.4 is 5.73 Å². The van der Waals surface area contributed by atoms with Crippen LogP contribution >= 0.6 is 0 Å². The lowest BCUT2D eigenvalue weighted by Gasteiger charge is -2.09. The number of phenols is 1. The number of esters is 1. The molecule has 1 unspecified atom stereocenters. The van der Waals surface area contributed by atoms with Gasteiger partial charge in [-0.3, -0.25) is 0 Å². The summed E-state index contributed by atoms with van der Waals surface area (Å²) in [5.74, 6) is -0.265. The van der Waals surface area contributed by atoms with Crippen molar-refractivity contribution in [3.05, 3.63) is 42.2 Å². The molecule has 92 valence electrons. The molecule has 1 aromatic carbocycles. The van der Waals surface area contributed by atoms with Crippen LogP contribution in [-0.4, -0.2) is 17.1 Å². The zero-order chi connectivity index (χ0) is 12.7. The summed E-state index contributed by atoms with van der Waals surface area (Å²) >= 11 is 0. The van der Waals surface area contributed by atoms with Gasteiger partial charge < -0.3 is 15.6 Å². The molecule has 1 aromatic rings. The number of aromatic hydroxyl groups is 1. The Kier molecular flexibility index (Phi) is 5.23. The number of carbonyl (C=O) groups excluding carboxylic acids is 1. The van der Waals surface area contributed by atoms with Gasteiger partial charge in [0, 0.05) is 0 Å². The Bertz CT molecular complexity index is 384. The molecule has 0 aliphatic heterocycles. The Morgan fingerprint density at radius 1 is 1.47 bits per heavy atom. The second-order valence-electron chi connectivity index (χ2n) is 3.69. The van der Waals surface area contributed by atoms with E-state index in [1.165, 1.54) is 6.26 Å². The van der Waals surface area contributed by atoms with Crippen molar-refractivity contribution in [2.24, 2.45) is 5.73 Å². The summed E-state index contributed by atoms with van der Waals surface area (Å²) in [6.07, 6.45) is 4.30. The molecule has 0 amide bonds. The molecule has 0 aromatic heterocycles. The van der Waals surface area contributed by atoms with Crippen molar-refractivity contribution in [1.82, 2.24) is 0 Å². The minimum absolute atomic E-state index is 0.191. The van der Waals surface area contributed by atoms with Gasteiger partial charge in [0.2, 0.25) is 0 Å². The van der Waals surface area contributed by atoms with Crippen LogP contribution in [0.5, 0.6) is 5.75 Å². The highest BCUT2D eigenvalue weighted by atomic mass is 16.5. The van der Waals surface area contributed by atoms with Crippen molar-refractivity contribution >= 4 is 5.97 Å². The Morgan fingerprint density at radius 3 is 2.71 bits per heavy atom. The van der Waals surface area contributed by atoms with Gasteiger partial charge in [0.15, 0.2) is 0 Å². The van der Waals surface area contributed by atoms with Gasteiger partial charge in [-0.05, 0) is 36.6 Å². The topological polar surface area (TPSA) is 72.5 Å². The van der Waals surface area contributed by atoms with E-state index < -0.39 is 12.0 Å². The molecular formula is C13H17NO3. The number of ether oxygens (including phenoxy) is 1. The van der Waals surface area contributed by atoms with Gasteiger partial charge in [-0.25, -0.2) is 4.79 Å². The minimum Gasteiger partial charge on any atom is -0.508 e. The van der Waals surface area contributed by atoms with Gasteiger partial charge in [-0.15, -0.1) is 0 Å². The van der Waals surface area contributed by atoms with Crippen LogP contribution in [0.15, 0.2) is 36.6 Å². The molecule has 4 heteroatoms. The molecule has 0 heterocycles. The molecule has 4 nitrogen and oxygen atoms in total. The zero-order valence-electron chi connectivity index (χ0n) is 9.80. The van der Waals surface area contributed by atoms with Gasteiger partial charge in [0.25, 0.3) is 0 Å². The first-order chi connectivity index (χ1) is 8.13. The Labute approximate surface area is 101 Å². The minimum atomic E-state index is -0.693. The highest BCUT2D eigenvalue weighted by Gasteiger charge is 2.14. The van der Waals surface area contributed by atoms with E-state index in [0.29, 0.717) is 6.42 Å². The predicted octanol–water partition coefficient (Wildman–Crippen LogP) is 1.73. The molecular weight excluding hydrogens is 218 g/mol. The molecule has 1 rings (SSSR count). The first-order valence-corrected chi connectivity index (χ1v) is 5.52. The number of hydrogen-bond donors (Lipinski definition) is 2. The van der Waals surface area contributed by atoms with E-state index in [4.69, 9.17) is 15.6 Å². The van der Waals surface area contributed by atoms with Crippen LogP contribution in [0.3, 0.4) is 0 Å². The number of benzene rings is 1. The summed E-state index contributed by atoms with van der Waals surface area (Å²) in [6.45, 7) is 1.95. The third kappa shape index (κ3) is 4.70. The van der Waals surface area contributed by atoms with E-state index in [0.717, 1.165) is 12.0 Å². The number of carbonyl (C=O) groups is 1. The average molecular weight is 235 g/mol. The highest BCUT2D eigenvalue weighted by Crippen LogP contribution is 2.11. The fourth-order valence-electron chi connectivity index (χ4n) is 1.27. The van der Waals surface area contributed by atoms with E-state index in [1.807, 2.05) is 6.92 Å². The van der Waals surface area contributed by atoms with Crippen molar-refractivity contribution < 1.29 is 14.6 Å². The first-order valence-electron chi connectivity index (χ1n) is 5.52. The van der Waals surface area contributed by atoms with Crippen LogP contribution in [-0.2, 0) is 16.0 Å². The quantitative estimate of drug-likeness (QED) is 0.602. The number of nitrogens with two attached hydrogens (primary N) is 1. The summed E-state index contributed by atoms with van der Waals surface area (Å²) in [5.41, 5.74) is 6.58. The molecule has 1 atom stereocenters. The fraction of sp³-hybridized carbons (Fsp3) is 0.308. The summed E-state index contributed by atoms with van der Waals surface area (Å²) < 4.78 is 4.85. The van der Waals surface area contributed by atoms with E-state index in [9.17, 15) is 4.79 Å². The molecule has 3 N–H and O–H groups in total. The summed E-state index contributed by atoms with van der Waals surface area (Å²) in [7, 11) is 0.